The SMILES string of the molecule is CC(=O)OC(c1ccc(C(F)(F)F)cc1)N1C(=O)C2=C(C3CCC2C3)S1(=O)=O. The van der Waals surface area contributed by atoms with Crippen LogP contribution in [0.1, 0.15) is 43.5 Å². The lowest BCUT2D eigenvalue weighted by Gasteiger charge is -2.28. The van der Waals surface area contributed by atoms with Crippen molar-refractivity contribution in [2.75, 3.05) is 0 Å². The molecule has 1 heterocycles. The molecule has 10 heteroatoms. The molecule has 3 aliphatic rings. The van der Waals surface area contributed by atoms with Crippen molar-refractivity contribution < 1.29 is 35.9 Å². The summed E-state index contributed by atoms with van der Waals surface area (Å²) in [6.45, 7) is 1.04. The van der Waals surface area contributed by atoms with Crippen LogP contribution in [0.5, 0.6) is 0 Å². The second-order valence-electron chi connectivity index (χ2n) is 7.17. The smallest absolute Gasteiger partial charge is 0.416 e. The third-order valence-electron chi connectivity index (χ3n) is 5.46. The van der Waals surface area contributed by atoms with Gasteiger partial charge in [0.25, 0.3) is 15.9 Å². The first-order valence-electron chi connectivity index (χ1n) is 8.69. The quantitative estimate of drug-likeness (QED) is 0.709. The van der Waals surface area contributed by atoms with Crippen LogP contribution in [-0.4, -0.2) is 24.6 Å². The largest absolute Gasteiger partial charge is 0.436 e. The first-order valence-corrected chi connectivity index (χ1v) is 10.1. The van der Waals surface area contributed by atoms with Crippen LogP contribution in [0.2, 0.25) is 0 Å². The van der Waals surface area contributed by atoms with Crippen LogP contribution >= 0.6 is 0 Å². The zero-order valence-corrected chi connectivity index (χ0v) is 15.5. The molecule has 0 spiro atoms. The predicted octanol–water partition coefficient (Wildman–Crippen LogP) is 3.12. The van der Waals surface area contributed by atoms with E-state index in [0.717, 1.165) is 37.6 Å². The Morgan fingerprint density at radius 1 is 1.18 bits per heavy atom. The highest BCUT2D eigenvalue weighted by Gasteiger charge is 2.58. The van der Waals surface area contributed by atoms with E-state index in [0.29, 0.717) is 17.1 Å². The molecule has 0 N–H and O–H groups in total. The van der Waals surface area contributed by atoms with Crippen LogP contribution in [0, 0.1) is 11.8 Å². The Hall–Kier alpha value is -2.36. The maximum Gasteiger partial charge on any atom is 0.416 e. The summed E-state index contributed by atoms with van der Waals surface area (Å²) in [5.41, 5.74) is -0.735. The Morgan fingerprint density at radius 2 is 1.79 bits per heavy atom. The maximum atomic E-state index is 13.1. The van der Waals surface area contributed by atoms with Crippen LogP contribution < -0.4 is 0 Å². The van der Waals surface area contributed by atoms with Crippen LogP contribution in [0.3, 0.4) is 0 Å². The molecule has 2 aliphatic carbocycles. The summed E-state index contributed by atoms with van der Waals surface area (Å²) in [6, 6.07) is 3.53. The summed E-state index contributed by atoms with van der Waals surface area (Å²) >= 11 is 0. The number of nitrogens with zero attached hydrogens (tertiary/aromatic N) is 1. The summed E-state index contributed by atoms with van der Waals surface area (Å²) in [6.07, 6.45) is -4.23. The number of hydrogen-bond donors (Lipinski definition) is 0. The topological polar surface area (TPSA) is 80.8 Å². The molecular formula is C18H16F3NO5S. The van der Waals surface area contributed by atoms with Gasteiger partial charge in [-0.25, -0.2) is 8.42 Å². The molecule has 1 aliphatic heterocycles. The van der Waals surface area contributed by atoms with Crippen molar-refractivity contribution in [1.82, 2.24) is 4.31 Å². The van der Waals surface area contributed by atoms with Gasteiger partial charge in [-0.1, -0.05) is 12.1 Å². The van der Waals surface area contributed by atoms with E-state index in [2.05, 4.69) is 0 Å². The first kappa shape index (κ1) is 19.0. The van der Waals surface area contributed by atoms with E-state index in [1.807, 2.05) is 0 Å². The summed E-state index contributed by atoms with van der Waals surface area (Å²) < 4.78 is 70.2. The monoisotopic (exact) mass is 415 g/mol. The molecule has 0 aromatic heterocycles. The molecule has 28 heavy (non-hydrogen) atoms. The number of amides is 1. The number of halogens is 3. The predicted molar refractivity (Wildman–Crippen MR) is 89.6 cm³/mol. The zero-order valence-electron chi connectivity index (χ0n) is 14.7. The number of rotatable bonds is 3. The molecule has 6 nitrogen and oxygen atoms in total. The van der Waals surface area contributed by atoms with Gasteiger partial charge in [-0.2, -0.15) is 17.5 Å². The van der Waals surface area contributed by atoms with Gasteiger partial charge in [-0.05, 0) is 43.2 Å². The second-order valence-corrected chi connectivity index (χ2v) is 8.96. The number of alkyl halides is 3. The highest BCUT2D eigenvalue weighted by Crippen LogP contribution is 2.56. The van der Waals surface area contributed by atoms with Gasteiger partial charge in [-0.3, -0.25) is 9.59 Å². The van der Waals surface area contributed by atoms with E-state index in [9.17, 15) is 31.2 Å². The van der Waals surface area contributed by atoms with Crippen LogP contribution in [0.4, 0.5) is 13.2 Å². The van der Waals surface area contributed by atoms with Crippen molar-refractivity contribution in [1.29, 1.82) is 0 Å². The maximum absolute atomic E-state index is 13.1. The van der Waals surface area contributed by atoms with E-state index in [4.69, 9.17) is 4.74 Å². The number of hydrogen-bond acceptors (Lipinski definition) is 5. The number of fused-ring (bicyclic) bond motifs is 4. The van der Waals surface area contributed by atoms with Crippen LogP contribution in [-0.2, 0) is 30.5 Å². The fraction of sp³-hybridized carbons (Fsp3) is 0.444. The third kappa shape index (κ3) is 2.73. The van der Waals surface area contributed by atoms with Gasteiger partial charge in [-0.15, -0.1) is 0 Å². The molecule has 150 valence electrons. The van der Waals surface area contributed by atoms with Crippen LogP contribution in [0.15, 0.2) is 34.7 Å². The second kappa shape index (κ2) is 6.07. The van der Waals surface area contributed by atoms with Crippen molar-refractivity contribution in [3.8, 4) is 0 Å². The Bertz CT molecular complexity index is 997. The molecule has 0 saturated heterocycles. The van der Waals surface area contributed by atoms with Crippen molar-refractivity contribution >= 4 is 21.9 Å². The highest BCUT2D eigenvalue weighted by molar-refractivity contribution is 7.94. The molecule has 1 aromatic carbocycles. The summed E-state index contributed by atoms with van der Waals surface area (Å²) in [5.74, 6) is -1.99. The van der Waals surface area contributed by atoms with E-state index in [1.54, 1.807) is 0 Å². The molecule has 4 rings (SSSR count). The fourth-order valence-corrected chi connectivity index (χ4v) is 6.46. The standard InChI is InChI=1S/C18H16F3NO5S/c1-9(23)27-17(10-4-6-13(7-5-10)18(19,20)21)22-16(24)14-11-2-3-12(8-11)15(14)28(22,25)26/h4-7,11-12,17H,2-3,8H2,1H3. The minimum atomic E-state index is -4.58. The van der Waals surface area contributed by atoms with Crippen LogP contribution in [0.25, 0.3) is 0 Å². The van der Waals surface area contributed by atoms with Gasteiger partial charge in [0.05, 0.1) is 10.5 Å². The van der Waals surface area contributed by atoms with Gasteiger partial charge in [0, 0.05) is 18.1 Å². The Morgan fingerprint density at radius 3 is 2.32 bits per heavy atom. The minimum Gasteiger partial charge on any atom is -0.436 e. The lowest BCUT2D eigenvalue weighted by atomic mass is 9.97. The minimum absolute atomic E-state index is 0.0337. The molecule has 1 amide bonds. The van der Waals surface area contributed by atoms with Gasteiger partial charge in [0.1, 0.15) is 0 Å². The number of allylic oxidation sites excluding steroid dienone is 1. The molecule has 1 aromatic rings. The zero-order chi connectivity index (χ0) is 20.4. The summed E-state index contributed by atoms with van der Waals surface area (Å²) in [7, 11) is -4.21. The number of benzene rings is 1. The van der Waals surface area contributed by atoms with E-state index < -0.39 is 39.9 Å². The van der Waals surface area contributed by atoms with Gasteiger partial charge in [0.15, 0.2) is 0 Å². The average Bonchev–Trinajstić information content (AvgIpc) is 3.25. The molecule has 2 bridgehead atoms. The van der Waals surface area contributed by atoms with Crippen molar-refractivity contribution in [3.05, 3.63) is 45.9 Å². The van der Waals surface area contributed by atoms with Gasteiger partial charge in [0.2, 0.25) is 6.23 Å². The van der Waals surface area contributed by atoms with Gasteiger partial charge >= 0.3 is 12.1 Å². The Kier molecular flexibility index (Phi) is 4.11. The summed E-state index contributed by atoms with van der Waals surface area (Å²) in [4.78, 5) is 24.6. The third-order valence-corrected chi connectivity index (χ3v) is 7.44. The lowest BCUT2D eigenvalue weighted by molar-refractivity contribution is -0.156. The van der Waals surface area contributed by atoms with Gasteiger partial charge < -0.3 is 4.74 Å². The van der Waals surface area contributed by atoms with E-state index >= 15 is 0 Å². The number of carbonyl (C=O) groups is 2. The number of sulfonamides is 1. The summed E-state index contributed by atoms with van der Waals surface area (Å²) in [5, 5.41) is 0. The Balaban J connectivity index is 1.75. The number of esters is 1. The first-order chi connectivity index (χ1) is 13.0. The van der Waals surface area contributed by atoms with E-state index in [-0.39, 0.29) is 27.9 Å². The average molecular weight is 415 g/mol. The molecule has 1 saturated carbocycles. The lowest BCUT2D eigenvalue weighted by Crippen LogP contribution is -2.39. The molecule has 0 radical (unpaired) electrons. The Labute approximate surface area is 159 Å². The van der Waals surface area contributed by atoms with Crippen molar-refractivity contribution in [2.24, 2.45) is 11.8 Å². The van der Waals surface area contributed by atoms with Crippen molar-refractivity contribution in [2.45, 2.75) is 38.6 Å². The molecule has 3 unspecified atom stereocenters. The fourth-order valence-electron chi connectivity index (χ4n) is 4.34. The van der Waals surface area contributed by atoms with E-state index in [1.165, 1.54) is 0 Å². The molecular weight excluding hydrogens is 399 g/mol. The van der Waals surface area contributed by atoms with Crippen molar-refractivity contribution in [3.63, 3.8) is 0 Å². The highest BCUT2D eigenvalue weighted by atomic mass is 32.2. The number of ether oxygens (including phenoxy) is 1. The normalized spacial score (nSPS) is 26.6. The molecule has 1 fully saturated rings. The molecule has 3 atom stereocenters. The number of carbonyl (C=O) groups excluding carboxylic acids is 2.